The molecule has 9 aromatic rings. The highest BCUT2D eigenvalue weighted by Gasteiger charge is 2.23. The summed E-state index contributed by atoms with van der Waals surface area (Å²) in [4.78, 5) is 10.4. The Morgan fingerprint density at radius 2 is 1.08 bits per heavy atom. The lowest BCUT2D eigenvalue weighted by Crippen LogP contribution is -2.04. The fraction of sp³-hybridized carbons (Fsp3) is 0. The number of fused-ring (bicyclic) bond motifs is 7. The van der Waals surface area contributed by atoms with Crippen molar-refractivity contribution < 1.29 is 0 Å². The third kappa shape index (κ3) is 4.11. The van der Waals surface area contributed by atoms with E-state index in [1.807, 2.05) is 66.7 Å². The van der Waals surface area contributed by atoms with Crippen LogP contribution in [0.1, 0.15) is 11.1 Å². The van der Waals surface area contributed by atoms with E-state index in [1.54, 1.807) is 12.1 Å². The zero-order valence-corrected chi connectivity index (χ0v) is 25.5. The number of hydrogen-bond acceptors (Lipinski definition) is 4. The summed E-state index contributed by atoms with van der Waals surface area (Å²) in [6.07, 6.45) is 0. The minimum absolute atomic E-state index is 0.434. The molecule has 222 valence electrons. The third-order valence-corrected chi connectivity index (χ3v) is 9.01. The van der Waals surface area contributed by atoms with Gasteiger partial charge in [0, 0.05) is 32.7 Å². The second-order valence-electron chi connectivity index (χ2n) is 11.7. The largest absolute Gasteiger partial charge is 0.307 e. The van der Waals surface area contributed by atoms with Gasteiger partial charge in [0.05, 0.1) is 56.3 Å². The molecule has 0 saturated heterocycles. The van der Waals surface area contributed by atoms with Gasteiger partial charge in [0.25, 0.3) is 0 Å². The Bertz CT molecular complexity index is 2740. The summed E-state index contributed by atoms with van der Waals surface area (Å²) >= 11 is 0. The van der Waals surface area contributed by atoms with Crippen molar-refractivity contribution >= 4 is 43.6 Å². The summed E-state index contributed by atoms with van der Waals surface area (Å²) in [5, 5.41) is 24.1. The van der Waals surface area contributed by atoms with Crippen LogP contribution in [0.2, 0.25) is 0 Å². The van der Waals surface area contributed by atoms with Gasteiger partial charge in [-0.2, -0.15) is 10.5 Å². The van der Waals surface area contributed by atoms with Crippen LogP contribution < -0.4 is 0 Å². The Kier molecular flexibility index (Phi) is 6.15. The van der Waals surface area contributed by atoms with Gasteiger partial charge in [0.15, 0.2) is 0 Å². The smallest absolute Gasteiger partial charge is 0.235 e. The number of benzene rings is 6. The molecule has 0 spiro atoms. The highest BCUT2D eigenvalue weighted by Crippen LogP contribution is 2.42. The summed E-state index contributed by atoms with van der Waals surface area (Å²) in [6.45, 7) is 0. The van der Waals surface area contributed by atoms with E-state index >= 15 is 0 Å². The summed E-state index contributed by atoms with van der Waals surface area (Å²) in [5.74, 6) is 0.569. The Morgan fingerprint density at radius 3 is 1.73 bits per heavy atom. The molecular weight excluding hydrogens is 589 g/mol. The highest BCUT2D eigenvalue weighted by molar-refractivity contribution is 6.26. The quantitative estimate of drug-likeness (QED) is 0.198. The SMILES string of the molecule is N#Cc1ccc(-n2c3ccccc3c3ccc4c(c5ccccc5n4-c4nc(-c5ccccc5)cc(-c5ccccc5)n4)c32)c(C#N)c1. The van der Waals surface area contributed by atoms with Gasteiger partial charge in [-0.3, -0.25) is 4.57 Å². The normalized spacial score (nSPS) is 11.3. The second kappa shape index (κ2) is 10.8. The van der Waals surface area contributed by atoms with Gasteiger partial charge in [0.2, 0.25) is 5.95 Å². The maximum absolute atomic E-state index is 10.3. The van der Waals surface area contributed by atoms with E-state index in [4.69, 9.17) is 9.97 Å². The van der Waals surface area contributed by atoms with Gasteiger partial charge >= 0.3 is 0 Å². The van der Waals surface area contributed by atoms with E-state index in [9.17, 15) is 10.5 Å². The van der Waals surface area contributed by atoms with Crippen LogP contribution >= 0.6 is 0 Å². The molecule has 48 heavy (non-hydrogen) atoms. The van der Waals surface area contributed by atoms with Gasteiger partial charge in [0.1, 0.15) is 6.07 Å². The Balaban J connectivity index is 1.43. The molecule has 0 bridgehead atoms. The van der Waals surface area contributed by atoms with E-state index in [1.165, 1.54) is 0 Å². The maximum Gasteiger partial charge on any atom is 0.235 e. The predicted molar refractivity (Wildman–Crippen MR) is 191 cm³/mol. The van der Waals surface area contributed by atoms with Crippen LogP contribution in [0.25, 0.3) is 77.8 Å². The Labute approximate surface area is 275 Å². The lowest BCUT2D eigenvalue weighted by atomic mass is 10.1. The molecule has 0 aliphatic heterocycles. The van der Waals surface area contributed by atoms with Gasteiger partial charge in [-0.05, 0) is 42.5 Å². The maximum atomic E-state index is 10.3. The van der Waals surface area contributed by atoms with Gasteiger partial charge in [-0.1, -0.05) is 103 Å². The fourth-order valence-corrected chi connectivity index (χ4v) is 6.91. The van der Waals surface area contributed by atoms with Gasteiger partial charge in [-0.25, -0.2) is 9.97 Å². The Morgan fingerprint density at radius 1 is 0.479 bits per heavy atom. The van der Waals surface area contributed by atoms with Crippen LogP contribution in [0.5, 0.6) is 0 Å². The molecule has 0 N–H and O–H groups in total. The number of hydrogen-bond donors (Lipinski definition) is 0. The zero-order chi connectivity index (χ0) is 32.2. The van der Waals surface area contributed by atoms with E-state index in [0.29, 0.717) is 17.1 Å². The van der Waals surface area contributed by atoms with Crippen LogP contribution in [-0.4, -0.2) is 19.1 Å². The van der Waals surface area contributed by atoms with Gasteiger partial charge in [-0.15, -0.1) is 0 Å². The van der Waals surface area contributed by atoms with Crippen LogP contribution in [0.4, 0.5) is 0 Å². The molecule has 0 unspecified atom stereocenters. The number of rotatable bonds is 4. The number of nitriles is 2. The van der Waals surface area contributed by atoms with E-state index in [-0.39, 0.29) is 0 Å². The topological polar surface area (TPSA) is 83.2 Å². The average Bonchev–Trinajstić information content (AvgIpc) is 3.68. The van der Waals surface area contributed by atoms with E-state index < -0.39 is 0 Å². The molecule has 6 heteroatoms. The first kappa shape index (κ1) is 27.3. The van der Waals surface area contributed by atoms with Crippen LogP contribution in [0, 0.1) is 22.7 Å². The van der Waals surface area contributed by atoms with Gasteiger partial charge < -0.3 is 4.57 Å². The number of nitrogens with zero attached hydrogens (tertiary/aromatic N) is 6. The first-order valence-electron chi connectivity index (χ1n) is 15.6. The summed E-state index contributed by atoms with van der Waals surface area (Å²) in [5.41, 5.74) is 9.16. The lowest BCUT2D eigenvalue weighted by Gasteiger charge is -2.12. The first-order chi connectivity index (χ1) is 23.7. The number of aromatic nitrogens is 4. The molecule has 0 fully saturated rings. The lowest BCUT2D eigenvalue weighted by molar-refractivity contribution is 0.996. The minimum Gasteiger partial charge on any atom is -0.307 e. The van der Waals surface area contributed by atoms with Crippen LogP contribution in [0.3, 0.4) is 0 Å². The molecule has 3 heterocycles. The molecular formula is C42H24N6. The highest BCUT2D eigenvalue weighted by atomic mass is 15.2. The van der Waals surface area contributed by atoms with Crippen molar-refractivity contribution in [3.8, 4) is 46.3 Å². The number of para-hydroxylation sites is 2. The van der Waals surface area contributed by atoms with Crippen molar-refractivity contribution in [2.24, 2.45) is 0 Å². The van der Waals surface area contributed by atoms with E-state index in [2.05, 4.69) is 88.0 Å². The van der Waals surface area contributed by atoms with Crippen molar-refractivity contribution in [3.63, 3.8) is 0 Å². The third-order valence-electron chi connectivity index (χ3n) is 9.01. The van der Waals surface area contributed by atoms with Crippen molar-refractivity contribution in [1.82, 2.24) is 19.1 Å². The molecule has 0 aliphatic carbocycles. The molecule has 6 nitrogen and oxygen atoms in total. The van der Waals surface area contributed by atoms with Crippen LogP contribution in [0.15, 0.2) is 146 Å². The monoisotopic (exact) mass is 612 g/mol. The second-order valence-corrected chi connectivity index (χ2v) is 11.7. The van der Waals surface area contributed by atoms with Crippen LogP contribution in [-0.2, 0) is 0 Å². The summed E-state index contributed by atoms with van der Waals surface area (Å²) < 4.78 is 4.31. The minimum atomic E-state index is 0.434. The predicted octanol–water partition coefficient (Wildman–Crippen LogP) is 9.75. The molecule has 0 saturated carbocycles. The molecule has 3 aromatic heterocycles. The standard InChI is InChI=1S/C42H24N6/c43-25-27-19-21-36(30(23-27)26-44)47-37-17-9-7-15-31(37)32-20-22-39-40(41(32)47)33-16-8-10-18-38(33)48(39)42-45-34(28-11-3-1-4-12-28)24-35(46-42)29-13-5-2-6-14-29/h1-24H. The zero-order valence-electron chi connectivity index (χ0n) is 25.5. The summed E-state index contributed by atoms with van der Waals surface area (Å²) in [7, 11) is 0. The average molecular weight is 613 g/mol. The molecule has 0 amide bonds. The molecule has 0 radical (unpaired) electrons. The Hall–Kier alpha value is -7.02. The van der Waals surface area contributed by atoms with Crippen molar-refractivity contribution in [3.05, 3.63) is 157 Å². The van der Waals surface area contributed by atoms with Crippen molar-refractivity contribution in [2.75, 3.05) is 0 Å². The first-order valence-corrected chi connectivity index (χ1v) is 15.6. The molecule has 0 atom stereocenters. The van der Waals surface area contributed by atoms with Crippen molar-refractivity contribution in [1.29, 1.82) is 10.5 Å². The van der Waals surface area contributed by atoms with Crippen molar-refractivity contribution in [2.45, 2.75) is 0 Å². The fourth-order valence-electron chi connectivity index (χ4n) is 6.91. The molecule has 6 aromatic carbocycles. The summed E-state index contributed by atoms with van der Waals surface area (Å²) in [6, 6.07) is 53.2. The molecule has 9 rings (SSSR count). The van der Waals surface area contributed by atoms with E-state index in [0.717, 1.165) is 71.8 Å². The molecule has 0 aliphatic rings.